The number of hydrogen-bond donors (Lipinski definition) is 7. The first kappa shape index (κ1) is 30.4. The van der Waals surface area contributed by atoms with Gasteiger partial charge in [-0.25, -0.2) is 4.79 Å². The summed E-state index contributed by atoms with van der Waals surface area (Å²) < 4.78 is 0. The van der Waals surface area contributed by atoms with E-state index in [1.807, 2.05) is 0 Å². The van der Waals surface area contributed by atoms with Crippen molar-refractivity contribution < 1.29 is 29.4 Å². The van der Waals surface area contributed by atoms with E-state index in [0.29, 0.717) is 25.8 Å². The molecule has 0 aliphatic heterocycles. The molecular weight excluding hydrogens is 490 g/mol. The number of nitrogens with one attached hydrogen (secondary N) is 3. The maximum atomic E-state index is 13.2. The number of aliphatic hydroxyl groups is 1. The van der Waals surface area contributed by atoms with E-state index in [4.69, 9.17) is 11.5 Å². The highest BCUT2D eigenvalue weighted by Gasteiger charge is 2.30. The summed E-state index contributed by atoms with van der Waals surface area (Å²) in [5, 5.41) is 26.9. The van der Waals surface area contributed by atoms with E-state index in [-0.39, 0.29) is 12.8 Å². The molecule has 0 heterocycles. The molecule has 206 valence electrons. The zero-order chi connectivity index (χ0) is 27.9. The monoisotopic (exact) mass is 527 g/mol. The van der Waals surface area contributed by atoms with Crippen LogP contribution in [0.4, 0.5) is 0 Å². The number of rotatable bonds is 16. The summed E-state index contributed by atoms with van der Waals surface area (Å²) in [6.45, 7) is -0.256. The predicted octanol–water partition coefficient (Wildman–Crippen LogP) is -0.541. The third-order valence-corrected chi connectivity index (χ3v) is 5.93. The van der Waals surface area contributed by atoms with Crippen LogP contribution in [0.3, 0.4) is 0 Å². The number of unbranched alkanes of at least 4 members (excludes halogenated alkanes) is 1. The second-order valence-electron chi connectivity index (χ2n) is 8.97. The van der Waals surface area contributed by atoms with Gasteiger partial charge < -0.3 is 37.6 Å². The first-order chi connectivity index (χ1) is 18.2. The Kier molecular flexibility index (Phi) is 12.9. The lowest BCUT2D eigenvalue weighted by Gasteiger charge is -2.24. The summed E-state index contributed by atoms with van der Waals surface area (Å²) in [5.41, 5.74) is 12.8. The van der Waals surface area contributed by atoms with Crippen LogP contribution in [0.2, 0.25) is 0 Å². The van der Waals surface area contributed by atoms with Crippen molar-refractivity contribution >= 4 is 23.7 Å². The molecule has 2 aromatic rings. The minimum absolute atomic E-state index is 0.0469. The van der Waals surface area contributed by atoms with Crippen LogP contribution in [0, 0.1) is 0 Å². The molecule has 0 saturated carbocycles. The van der Waals surface area contributed by atoms with Gasteiger partial charge >= 0.3 is 5.97 Å². The number of nitrogens with two attached hydrogens (primary N) is 2. The summed E-state index contributed by atoms with van der Waals surface area (Å²) in [7, 11) is 0. The van der Waals surface area contributed by atoms with Crippen LogP contribution in [0.1, 0.15) is 30.4 Å². The molecule has 3 amide bonds. The minimum atomic E-state index is -1.35. The fourth-order valence-electron chi connectivity index (χ4n) is 3.77. The molecule has 2 aromatic carbocycles. The average Bonchev–Trinajstić information content (AvgIpc) is 2.91. The quantitative estimate of drug-likeness (QED) is 0.141. The smallest absolute Gasteiger partial charge is 0.326 e. The van der Waals surface area contributed by atoms with Crippen LogP contribution in [-0.4, -0.2) is 71.2 Å². The Morgan fingerprint density at radius 3 is 1.68 bits per heavy atom. The first-order valence-electron chi connectivity index (χ1n) is 12.5. The Morgan fingerprint density at radius 2 is 1.18 bits per heavy atom. The standard InChI is InChI=1S/C27H37N5O6/c28-14-8-7-13-20(29)24(34)32-23(17-33)26(36)30-21(15-18-9-3-1-4-10-18)25(35)31-22(27(37)38)16-19-11-5-2-6-12-19/h1-6,9-12,20-23,33H,7-8,13-17,28-29H2,(H,30,36)(H,31,35)(H,32,34)(H,37,38). The Balaban J connectivity index is 2.13. The number of aliphatic carboxylic acids is 1. The number of hydrogen-bond acceptors (Lipinski definition) is 7. The van der Waals surface area contributed by atoms with Crippen molar-refractivity contribution in [2.45, 2.75) is 56.3 Å². The van der Waals surface area contributed by atoms with Crippen LogP contribution >= 0.6 is 0 Å². The summed E-state index contributed by atoms with van der Waals surface area (Å²) in [6.07, 6.45) is 1.79. The highest BCUT2D eigenvalue weighted by molar-refractivity contribution is 5.94. The molecule has 0 saturated heterocycles. The number of aliphatic hydroxyl groups excluding tert-OH is 1. The SMILES string of the molecule is NCCCCC(N)C(=O)NC(CO)C(=O)NC(Cc1ccccc1)C(=O)NC(Cc1ccccc1)C(=O)O. The van der Waals surface area contributed by atoms with Crippen LogP contribution in [0.5, 0.6) is 0 Å². The number of carbonyl (C=O) groups excluding carboxylic acids is 3. The zero-order valence-electron chi connectivity index (χ0n) is 21.2. The normalized spacial score (nSPS) is 14.0. The first-order valence-corrected chi connectivity index (χ1v) is 12.5. The summed E-state index contributed by atoms with van der Waals surface area (Å²) in [5.74, 6) is -3.36. The summed E-state index contributed by atoms with van der Waals surface area (Å²) in [4.78, 5) is 50.5. The van der Waals surface area contributed by atoms with Gasteiger partial charge in [0.15, 0.2) is 0 Å². The Labute approximate surface area is 222 Å². The van der Waals surface area contributed by atoms with Crippen LogP contribution in [-0.2, 0) is 32.0 Å². The number of carboxylic acid groups (broad SMARTS) is 1. The molecular formula is C27H37N5O6. The maximum absolute atomic E-state index is 13.2. The Hall–Kier alpha value is -3.80. The van der Waals surface area contributed by atoms with Gasteiger partial charge in [0, 0.05) is 12.8 Å². The molecule has 2 rings (SSSR count). The minimum Gasteiger partial charge on any atom is -0.480 e. The molecule has 0 fully saturated rings. The van der Waals surface area contributed by atoms with E-state index in [1.165, 1.54) is 0 Å². The second-order valence-corrected chi connectivity index (χ2v) is 8.97. The van der Waals surface area contributed by atoms with Gasteiger partial charge in [0.05, 0.1) is 12.6 Å². The van der Waals surface area contributed by atoms with Crippen LogP contribution < -0.4 is 27.4 Å². The van der Waals surface area contributed by atoms with Gasteiger partial charge in [0.25, 0.3) is 0 Å². The van der Waals surface area contributed by atoms with Crippen LogP contribution in [0.25, 0.3) is 0 Å². The molecule has 0 aromatic heterocycles. The van der Waals surface area contributed by atoms with Crippen molar-refractivity contribution in [3.05, 3.63) is 71.8 Å². The highest BCUT2D eigenvalue weighted by Crippen LogP contribution is 2.08. The predicted molar refractivity (Wildman–Crippen MR) is 142 cm³/mol. The van der Waals surface area contributed by atoms with E-state index in [2.05, 4.69) is 16.0 Å². The summed E-state index contributed by atoms with van der Waals surface area (Å²) in [6, 6.07) is 13.0. The largest absolute Gasteiger partial charge is 0.480 e. The zero-order valence-corrected chi connectivity index (χ0v) is 21.2. The lowest BCUT2D eigenvalue weighted by atomic mass is 10.0. The second kappa shape index (κ2) is 16.1. The van der Waals surface area contributed by atoms with Gasteiger partial charge in [0.1, 0.15) is 18.1 Å². The molecule has 0 radical (unpaired) electrons. The number of carbonyl (C=O) groups is 4. The maximum Gasteiger partial charge on any atom is 0.326 e. The van der Waals surface area contributed by atoms with Gasteiger partial charge in [-0.2, -0.15) is 0 Å². The highest BCUT2D eigenvalue weighted by atomic mass is 16.4. The van der Waals surface area contributed by atoms with Gasteiger partial charge in [-0.05, 0) is 30.5 Å². The van der Waals surface area contributed by atoms with Gasteiger partial charge in [-0.1, -0.05) is 67.1 Å². The van der Waals surface area contributed by atoms with Crippen molar-refractivity contribution in [1.29, 1.82) is 0 Å². The third kappa shape index (κ3) is 10.3. The van der Waals surface area contributed by atoms with Crippen molar-refractivity contribution in [1.82, 2.24) is 16.0 Å². The molecule has 9 N–H and O–H groups in total. The van der Waals surface area contributed by atoms with E-state index in [0.717, 1.165) is 11.1 Å². The number of benzene rings is 2. The van der Waals surface area contributed by atoms with Gasteiger partial charge in [0.2, 0.25) is 17.7 Å². The van der Waals surface area contributed by atoms with Crippen molar-refractivity contribution in [2.24, 2.45) is 11.5 Å². The number of carboxylic acids is 1. The van der Waals surface area contributed by atoms with E-state index in [9.17, 15) is 29.4 Å². The van der Waals surface area contributed by atoms with Crippen LogP contribution in [0.15, 0.2) is 60.7 Å². The lowest BCUT2D eigenvalue weighted by Crippen LogP contribution is -2.58. The van der Waals surface area contributed by atoms with Gasteiger partial charge in [-0.15, -0.1) is 0 Å². The topological polar surface area (TPSA) is 197 Å². The summed E-state index contributed by atoms with van der Waals surface area (Å²) >= 11 is 0. The van der Waals surface area contributed by atoms with E-state index in [1.54, 1.807) is 60.7 Å². The third-order valence-electron chi connectivity index (χ3n) is 5.93. The van der Waals surface area contributed by atoms with Crippen molar-refractivity contribution in [3.63, 3.8) is 0 Å². The Morgan fingerprint density at radius 1 is 0.711 bits per heavy atom. The van der Waals surface area contributed by atoms with E-state index >= 15 is 0 Å². The van der Waals surface area contributed by atoms with Crippen molar-refractivity contribution in [3.8, 4) is 0 Å². The van der Waals surface area contributed by atoms with Crippen molar-refractivity contribution in [2.75, 3.05) is 13.2 Å². The van der Waals surface area contributed by atoms with E-state index < -0.39 is 54.5 Å². The Bertz CT molecular complexity index is 1040. The molecule has 0 bridgehead atoms. The molecule has 4 atom stereocenters. The number of amides is 3. The molecule has 0 spiro atoms. The molecule has 0 aliphatic carbocycles. The average molecular weight is 528 g/mol. The molecule has 0 aliphatic rings. The molecule has 4 unspecified atom stereocenters. The molecule has 11 nitrogen and oxygen atoms in total. The lowest BCUT2D eigenvalue weighted by molar-refractivity contribution is -0.142. The fraction of sp³-hybridized carbons (Fsp3) is 0.407. The van der Waals surface area contributed by atoms with Gasteiger partial charge in [-0.3, -0.25) is 14.4 Å². The fourth-order valence-corrected chi connectivity index (χ4v) is 3.77. The molecule has 11 heteroatoms. The molecule has 38 heavy (non-hydrogen) atoms.